The van der Waals surface area contributed by atoms with E-state index in [9.17, 15) is 14.4 Å². The number of hydrogen-bond acceptors (Lipinski definition) is 4. The molecule has 0 spiro atoms. The number of nitrogens with zero attached hydrogens (tertiary/aromatic N) is 2. The van der Waals surface area contributed by atoms with Crippen molar-refractivity contribution < 1.29 is 18.8 Å². The van der Waals surface area contributed by atoms with Crippen molar-refractivity contribution in [3.05, 3.63) is 66.1 Å². The van der Waals surface area contributed by atoms with E-state index in [-0.39, 0.29) is 23.6 Å². The summed E-state index contributed by atoms with van der Waals surface area (Å²) in [6.07, 6.45) is 7.74. The maximum atomic E-state index is 13.1. The van der Waals surface area contributed by atoms with Gasteiger partial charge in [-0.3, -0.25) is 14.4 Å². The topological polar surface area (TPSA) is 82.9 Å². The smallest absolute Gasteiger partial charge is 0.246 e. The molecule has 32 heavy (non-hydrogen) atoms. The van der Waals surface area contributed by atoms with Crippen molar-refractivity contribution in [2.75, 3.05) is 19.6 Å². The van der Waals surface area contributed by atoms with Crippen LogP contribution in [0.1, 0.15) is 37.0 Å². The average molecular weight is 436 g/mol. The minimum Gasteiger partial charge on any atom is -0.467 e. The highest BCUT2D eigenvalue weighted by molar-refractivity contribution is 5.92. The Hall–Kier alpha value is -3.35. The summed E-state index contributed by atoms with van der Waals surface area (Å²) in [7, 11) is 0. The van der Waals surface area contributed by atoms with Crippen molar-refractivity contribution in [1.82, 2.24) is 15.1 Å². The first-order chi connectivity index (χ1) is 15.6. The number of rotatable bonds is 6. The first-order valence-electron chi connectivity index (χ1n) is 11.2. The molecule has 2 aliphatic heterocycles. The molecule has 1 unspecified atom stereocenters. The van der Waals surface area contributed by atoms with Crippen molar-refractivity contribution in [3.63, 3.8) is 0 Å². The van der Waals surface area contributed by atoms with E-state index < -0.39 is 6.04 Å². The predicted molar refractivity (Wildman–Crippen MR) is 120 cm³/mol. The highest BCUT2D eigenvalue weighted by Gasteiger charge is 2.38. The zero-order chi connectivity index (χ0) is 22.3. The second-order valence-electron chi connectivity index (χ2n) is 8.33. The molecule has 0 bridgehead atoms. The monoisotopic (exact) mass is 435 g/mol. The Morgan fingerprint density at radius 3 is 2.50 bits per heavy atom. The molecule has 2 saturated heterocycles. The number of hydrogen-bond donors (Lipinski definition) is 1. The summed E-state index contributed by atoms with van der Waals surface area (Å²) >= 11 is 0. The lowest BCUT2D eigenvalue weighted by atomic mass is 9.94. The van der Waals surface area contributed by atoms with Crippen molar-refractivity contribution in [1.29, 1.82) is 0 Å². The van der Waals surface area contributed by atoms with E-state index in [0.717, 1.165) is 12.0 Å². The molecule has 2 aromatic rings. The van der Waals surface area contributed by atoms with Gasteiger partial charge in [-0.1, -0.05) is 30.3 Å². The van der Waals surface area contributed by atoms with Crippen molar-refractivity contribution in [3.8, 4) is 0 Å². The van der Waals surface area contributed by atoms with E-state index in [0.29, 0.717) is 51.2 Å². The van der Waals surface area contributed by atoms with Gasteiger partial charge in [-0.15, -0.1) is 0 Å². The van der Waals surface area contributed by atoms with Crippen LogP contribution in [0, 0.1) is 5.92 Å². The van der Waals surface area contributed by atoms with Crippen molar-refractivity contribution in [2.45, 2.75) is 38.3 Å². The molecule has 2 aliphatic rings. The molecule has 168 valence electrons. The molecule has 0 aliphatic carbocycles. The van der Waals surface area contributed by atoms with Gasteiger partial charge in [-0.05, 0) is 49.5 Å². The van der Waals surface area contributed by atoms with Gasteiger partial charge in [0, 0.05) is 31.6 Å². The SMILES string of the molecule is O=C(NCc1ccco1)C1CCCN1C(=O)C1CCN(C(=O)/C=C/c2ccccc2)CC1. The molecule has 1 aromatic carbocycles. The Morgan fingerprint density at radius 2 is 1.78 bits per heavy atom. The molecule has 3 amide bonds. The number of carbonyl (C=O) groups is 3. The first kappa shape index (κ1) is 21.9. The molecule has 2 fully saturated rings. The maximum absolute atomic E-state index is 13.1. The Kier molecular flexibility index (Phi) is 7.04. The van der Waals surface area contributed by atoms with Gasteiger partial charge in [0.1, 0.15) is 11.8 Å². The van der Waals surface area contributed by atoms with Gasteiger partial charge in [0.05, 0.1) is 12.8 Å². The minimum atomic E-state index is -0.425. The number of likely N-dealkylation sites (tertiary alicyclic amines) is 2. The third-order valence-electron chi connectivity index (χ3n) is 6.23. The van der Waals surface area contributed by atoms with Crippen LogP contribution in [0.4, 0.5) is 0 Å². The van der Waals surface area contributed by atoms with E-state index in [1.165, 1.54) is 0 Å². The van der Waals surface area contributed by atoms with Crippen LogP contribution in [-0.4, -0.2) is 53.2 Å². The fourth-order valence-corrected chi connectivity index (χ4v) is 4.43. The van der Waals surface area contributed by atoms with Crippen LogP contribution in [0.2, 0.25) is 0 Å². The Labute approximate surface area is 188 Å². The Morgan fingerprint density at radius 1 is 1.00 bits per heavy atom. The van der Waals surface area contributed by atoms with Gasteiger partial charge in [0.25, 0.3) is 0 Å². The molecule has 4 rings (SSSR count). The summed E-state index contributed by atoms with van der Waals surface area (Å²) in [5, 5.41) is 2.88. The molecule has 1 atom stereocenters. The van der Waals surface area contributed by atoms with Crippen LogP contribution in [0.3, 0.4) is 0 Å². The van der Waals surface area contributed by atoms with Crippen LogP contribution >= 0.6 is 0 Å². The number of nitrogens with one attached hydrogen (secondary N) is 1. The fraction of sp³-hybridized carbons (Fsp3) is 0.400. The van der Waals surface area contributed by atoms with E-state index in [1.54, 1.807) is 28.2 Å². The quantitative estimate of drug-likeness (QED) is 0.708. The molecular formula is C25H29N3O4. The van der Waals surface area contributed by atoms with Crippen LogP contribution in [0.25, 0.3) is 6.08 Å². The van der Waals surface area contributed by atoms with Gasteiger partial charge in [-0.25, -0.2) is 0 Å². The highest BCUT2D eigenvalue weighted by Crippen LogP contribution is 2.26. The third-order valence-corrected chi connectivity index (χ3v) is 6.23. The molecule has 1 N–H and O–H groups in total. The number of furan rings is 1. The van der Waals surface area contributed by atoms with Crippen LogP contribution in [0.15, 0.2) is 59.2 Å². The fourth-order valence-electron chi connectivity index (χ4n) is 4.43. The summed E-state index contributed by atoms with van der Waals surface area (Å²) in [4.78, 5) is 41.8. The molecule has 7 nitrogen and oxygen atoms in total. The summed E-state index contributed by atoms with van der Waals surface area (Å²) in [6, 6.07) is 12.9. The van der Waals surface area contributed by atoms with Gasteiger partial charge in [0.15, 0.2) is 0 Å². The zero-order valence-electron chi connectivity index (χ0n) is 18.1. The lowest BCUT2D eigenvalue weighted by Gasteiger charge is -2.34. The molecule has 3 heterocycles. The van der Waals surface area contributed by atoms with Crippen LogP contribution in [0.5, 0.6) is 0 Å². The summed E-state index contributed by atoms with van der Waals surface area (Å²) in [5.41, 5.74) is 0.983. The summed E-state index contributed by atoms with van der Waals surface area (Å²) in [5.74, 6) is 0.415. The number of amides is 3. The highest BCUT2D eigenvalue weighted by atomic mass is 16.3. The standard InChI is InChI=1S/C25H29N3O4/c29-23(11-10-19-6-2-1-3-7-19)27-15-12-20(13-16-27)25(31)28-14-4-9-22(28)24(30)26-18-21-8-5-17-32-21/h1-3,5-8,10-11,17,20,22H,4,9,12-16,18H2,(H,26,30)/b11-10+. The molecule has 1 aromatic heterocycles. The zero-order valence-corrected chi connectivity index (χ0v) is 18.1. The lowest BCUT2D eigenvalue weighted by molar-refractivity contribution is -0.143. The summed E-state index contributed by atoms with van der Waals surface area (Å²) in [6.45, 7) is 2.03. The third kappa shape index (κ3) is 5.28. The normalized spacial score (nSPS) is 19.4. The van der Waals surface area contributed by atoms with Crippen LogP contribution in [-0.2, 0) is 20.9 Å². The Balaban J connectivity index is 1.27. The first-order valence-corrected chi connectivity index (χ1v) is 11.2. The molecule has 7 heteroatoms. The maximum Gasteiger partial charge on any atom is 0.246 e. The van der Waals surface area contributed by atoms with E-state index in [4.69, 9.17) is 4.42 Å². The van der Waals surface area contributed by atoms with Gasteiger partial charge in [-0.2, -0.15) is 0 Å². The molecular weight excluding hydrogens is 406 g/mol. The summed E-state index contributed by atoms with van der Waals surface area (Å²) < 4.78 is 5.26. The Bertz CT molecular complexity index is 947. The van der Waals surface area contributed by atoms with E-state index in [1.807, 2.05) is 42.5 Å². The second kappa shape index (κ2) is 10.3. The van der Waals surface area contributed by atoms with Gasteiger partial charge < -0.3 is 19.5 Å². The van der Waals surface area contributed by atoms with E-state index >= 15 is 0 Å². The van der Waals surface area contributed by atoms with Gasteiger partial charge >= 0.3 is 0 Å². The van der Waals surface area contributed by atoms with Crippen molar-refractivity contribution >= 4 is 23.8 Å². The minimum absolute atomic E-state index is 0.0314. The molecule has 0 saturated carbocycles. The number of piperidine rings is 1. The van der Waals surface area contributed by atoms with Crippen LogP contribution < -0.4 is 5.32 Å². The molecule has 0 radical (unpaired) electrons. The second-order valence-corrected chi connectivity index (χ2v) is 8.33. The predicted octanol–water partition coefficient (Wildman–Crippen LogP) is 2.84. The number of carbonyl (C=O) groups excluding carboxylic acids is 3. The van der Waals surface area contributed by atoms with Gasteiger partial charge in [0.2, 0.25) is 17.7 Å². The number of benzene rings is 1. The van der Waals surface area contributed by atoms with E-state index in [2.05, 4.69) is 5.32 Å². The van der Waals surface area contributed by atoms with Crippen molar-refractivity contribution in [2.24, 2.45) is 5.92 Å². The largest absolute Gasteiger partial charge is 0.467 e. The average Bonchev–Trinajstić information content (AvgIpc) is 3.54. The lowest BCUT2D eigenvalue weighted by Crippen LogP contribution is -2.49.